The Labute approximate surface area is 179 Å². The maximum atomic E-state index is 13.1. The standard InChI is InChI=1S/C25H33N3O2/c1-17-13-14-27-21(15-17)26-22(19-11-9-10-12-20(19)30-8)23(27)28(18(2)29)25(6,7)16-24(3,4)5/h9-15H,16H2,1-8H3. The number of hydrogen-bond donors (Lipinski definition) is 0. The molecule has 3 rings (SSSR count). The maximum absolute atomic E-state index is 13.1. The molecular weight excluding hydrogens is 374 g/mol. The third-order valence-electron chi connectivity index (χ3n) is 5.21. The predicted molar refractivity (Wildman–Crippen MR) is 123 cm³/mol. The number of pyridine rings is 1. The van der Waals surface area contributed by atoms with Crippen LogP contribution in [0.4, 0.5) is 5.82 Å². The molecule has 3 aromatic rings. The number of nitrogens with zero attached hydrogens (tertiary/aromatic N) is 3. The Hall–Kier alpha value is -2.82. The number of fused-ring (bicyclic) bond motifs is 1. The van der Waals surface area contributed by atoms with E-state index in [0.717, 1.165) is 40.5 Å². The van der Waals surface area contributed by atoms with Crippen molar-refractivity contribution in [2.45, 2.75) is 60.4 Å². The molecule has 0 saturated carbocycles. The molecule has 0 aliphatic heterocycles. The van der Waals surface area contributed by atoms with Crippen LogP contribution in [0, 0.1) is 12.3 Å². The lowest BCUT2D eigenvalue weighted by molar-refractivity contribution is -0.117. The predicted octanol–water partition coefficient (Wildman–Crippen LogP) is 5.89. The number of ether oxygens (including phenoxy) is 1. The van der Waals surface area contributed by atoms with Crippen LogP contribution in [-0.4, -0.2) is 27.9 Å². The van der Waals surface area contributed by atoms with Crippen molar-refractivity contribution in [2.24, 2.45) is 5.41 Å². The van der Waals surface area contributed by atoms with E-state index in [2.05, 4.69) is 34.6 Å². The summed E-state index contributed by atoms with van der Waals surface area (Å²) in [6.07, 6.45) is 2.83. The van der Waals surface area contributed by atoms with Gasteiger partial charge in [0.05, 0.1) is 7.11 Å². The molecule has 160 valence electrons. The van der Waals surface area contributed by atoms with Gasteiger partial charge in [0.25, 0.3) is 0 Å². The van der Waals surface area contributed by atoms with Crippen LogP contribution in [0.2, 0.25) is 0 Å². The highest BCUT2D eigenvalue weighted by molar-refractivity contribution is 5.97. The lowest BCUT2D eigenvalue weighted by Crippen LogP contribution is -2.50. The average molecular weight is 408 g/mol. The van der Waals surface area contributed by atoms with Crippen LogP contribution < -0.4 is 9.64 Å². The van der Waals surface area contributed by atoms with E-state index < -0.39 is 5.54 Å². The molecule has 30 heavy (non-hydrogen) atoms. The maximum Gasteiger partial charge on any atom is 0.225 e. The molecule has 2 heterocycles. The Kier molecular flexibility index (Phi) is 5.68. The van der Waals surface area contributed by atoms with Crippen molar-refractivity contribution in [3.8, 4) is 17.0 Å². The first-order chi connectivity index (χ1) is 13.9. The van der Waals surface area contributed by atoms with Gasteiger partial charge in [0.15, 0.2) is 0 Å². The molecule has 0 radical (unpaired) electrons. The fourth-order valence-corrected chi connectivity index (χ4v) is 4.61. The first-order valence-corrected chi connectivity index (χ1v) is 10.4. The summed E-state index contributed by atoms with van der Waals surface area (Å²) >= 11 is 0. The van der Waals surface area contributed by atoms with Crippen LogP contribution >= 0.6 is 0 Å². The van der Waals surface area contributed by atoms with E-state index in [-0.39, 0.29) is 11.3 Å². The van der Waals surface area contributed by atoms with Crippen molar-refractivity contribution in [3.63, 3.8) is 0 Å². The molecule has 0 unspecified atom stereocenters. The summed E-state index contributed by atoms with van der Waals surface area (Å²) < 4.78 is 7.64. The van der Waals surface area contributed by atoms with Crippen molar-refractivity contribution < 1.29 is 9.53 Å². The number of hydrogen-bond acceptors (Lipinski definition) is 3. The largest absolute Gasteiger partial charge is 0.496 e. The number of para-hydroxylation sites is 1. The van der Waals surface area contributed by atoms with Crippen LogP contribution in [0.5, 0.6) is 5.75 Å². The number of aryl methyl sites for hydroxylation is 1. The van der Waals surface area contributed by atoms with E-state index in [4.69, 9.17) is 9.72 Å². The smallest absolute Gasteiger partial charge is 0.225 e. The summed E-state index contributed by atoms with van der Waals surface area (Å²) in [5.41, 5.74) is 3.18. The summed E-state index contributed by atoms with van der Waals surface area (Å²) in [6.45, 7) is 14.5. The molecular formula is C25H33N3O2. The van der Waals surface area contributed by atoms with E-state index in [1.54, 1.807) is 14.0 Å². The number of benzene rings is 1. The first kappa shape index (κ1) is 21.9. The topological polar surface area (TPSA) is 46.8 Å². The molecule has 0 fully saturated rings. The Morgan fingerprint density at radius 1 is 1.13 bits per heavy atom. The molecule has 0 spiro atoms. The summed E-state index contributed by atoms with van der Waals surface area (Å²) in [6, 6.07) is 11.9. The quantitative estimate of drug-likeness (QED) is 0.530. The lowest BCUT2D eigenvalue weighted by Gasteiger charge is -2.41. The van der Waals surface area contributed by atoms with Crippen LogP contribution in [0.25, 0.3) is 16.9 Å². The minimum Gasteiger partial charge on any atom is -0.496 e. The van der Waals surface area contributed by atoms with Gasteiger partial charge >= 0.3 is 0 Å². The van der Waals surface area contributed by atoms with E-state index in [1.165, 1.54) is 0 Å². The zero-order valence-corrected chi connectivity index (χ0v) is 19.4. The molecule has 0 saturated heterocycles. The van der Waals surface area contributed by atoms with Crippen LogP contribution in [0.3, 0.4) is 0 Å². The summed E-state index contributed by atoms with van der Waals surface area (Å²) in [5, 5.41) is 0. The van der Waals surface area contributed by atoms with E-state index in [0.29, 0.717) is 0 Å². The van der Waals surface area contributed by atoms with Gasteiger partial charge in [0, 0.05) is 24.2 Å². The third kappa shape index (κ3) is 4.20. The van der Waals surface area contributed by atoms with Gasteiger partial charge in [-0.2, -0.15) is 0 Å². The number of anilines is 1. The lowest BCUT2D eigenvalue weighted by atomic mass is 9.80. The van der Waals surface area contributed by atoms with E-state index in [9.17, 15) is 4.79 Å². The Bertz CT molecular complexity index is 1070. The summed E-state index contributed by atoms with van der Waals surface area (Å²) in [7, 11) is 1.66. The number of imidazole rings is 1. The molecule has 0 bridgehead atoms. The number of amides is 1. The monoisotopic (exact) mass is 407 g/mol. The molecule has 0 aliphatic carbocycles. The molecule has 0 aliphatic rings. The SMILES string of the molecule is COc1ccccc1-c1nc2cc(C)ccn2c1N(C(C)=O)C(C)(C)CC(C)(C)C. The number of carbonyl (C=O) groups excluding carboxylic acids is 1. The van der Waals surface area contributed by atoms with Gasteiger partial charge in [0.1, 0.15) is 22.9 Å². The van der Waals surface area contributed by atoms with Gasteiger partial charge in [0.2, 0.25) is 5.91 Å². The second-order valence-corrected chi connectivity index (χ2v) is 9.82. The summed E-state index contributed by atoms with van der Waals surface area (Å²) in [4.78, 5) is 19.9. The van der Waals surface area contributed by atoms with Gasteiger partial charge in [-0.25, -0.2) is 4.98 Å². The van der Waals surface area contributed by atoms with Gasteiger partial charge in [-0.3, -0.25) is 14.1 Å². The summed E-state index contributed by atoms with van der Waals surface area (Å²) in [5.74, 6) is 1.50. The van der Waals surface area contributed by atoms with Crippen molar-refractivity contribution in [3.05, 3.63) is 48.2 Å². The Morgan fingerprint density at radius 2 is 1.80 bits per heavy atom. The molecule has 1 aromatic carbocycles. The molecule has 2 aromatic heterocycles. The van der Waals surface area contributed by atoms with Crippen molar-refractivity contribution in [1.82, 2.24) is 9.38 Å². The Balaban J connectivity index is 2.36. The molecule has 5 nitrogen and oxygen atoms in total. The highest BCUT2D eigenvalue weighted by Gasteiger charge is 2.38. The van der Waals surface area contributed by atoms with Crippen molar-refractivity contribution in [1.29, 1.82) is 0 Å². The zero-order valence-electron chi connectivity index (χ0n) is 19.4. The Morgan fingerprint density at radius 3 is 2.40 bits per heavy atom. The molecule has 1 amide bonds. The van der Waals surface area contributed by atoms with Crippen LogP contribution in [0.1, 0.15) is 53.5 Å². The number of carbonyl (C=O) groups is 1. The number of methoxy groups -OCH3 is 1. The van der Waals surface area contributed by atoms with Gasteiger partial charge in [-0.1, -0.05) is 32.9 Å². The van der Waals surface area contributed by atoms with Crippen LogP contribution in [-0.2, 0) is 4.79 Å². The van der Waals surface area contributed by atoms with Gasteiger partial charge in [-0.15, -0.1) is 0 Å². The molecule has 0 atom stereocenters. The first-order valence-electron chi connectivity index (χ1n) is 10.4. The van der Waals surface area contributed by atoms with Gasteiger partial charge in [-0.05, 0) is 62.4 Å². The minimum atomic E-state index is -0.415. The second-order valence-electron chi connectivity index (χ2n) is 9.82. The van der Waals surface area contributed by atoms with Crippen molar-refractivity contribution in [2.75, 3.05) is 12.0 Å². The minimum absolute atomic E-state index is 0.0113. The molecule has 0 N–H and O–H groups in total. The normalized spacial score (nSPS) is 12.3. The average Bonchev–Trinajstić information content (AvgIpc) is 2.97. The second kappa shape index (κ2) is 7.78. The highest BCUT2D eigenvalue weighted by Crippen LogP contribution is 2.42. The van der Waals surface area contributed by atoms with E-state index >= 15 is 0 Å². The van der Waals surface area contributed by atoms with E-state index in [1.807, 2.05) is 58.8 Å². The number of aromatic nitrogens is 2. The highest BCUT2D eigenvalue weighted by atomic mass is 16.5. The molecule has 5 heteroatoms. The van der Waals surface area contributed by atoms with Crippen molar-refractivity contribution >= 4 is 17.4 Å². The fourth-order valence-electron chi connectivity index (χ4n) is 4.61. The van der Waals surface area contributed by atoms with Gasteiger partial charge < -0.3 is 4.74 Å². The fraction of sp³-hybridized carbons (Fsp3) is 0.440. The van der Waals surface area contributed by atoms with Crippen LogP contribution in [0.15, 0.2) is 42.6 Å². The zero-order chi connectivity index (χ0) is 22.3. The third-order valence-corrected chi connectivity index (χ3v) is 5.21. The number of rotatable bonds is 5.